The van der Waals surface area contributed by atoms with Crippen molar-refractivity contribution in [2.45, 2.75) is 38.1 Å². The quantitative estimate of drug-likeness (QED) is 0.645. The van der Waals surface area contributed by atoms with Gasteiger partial charge in [-0.3, -0.25) is 4.79 Å². The van der Waals surface area contributed by atoms with Crippen molar-refractivity contribution in [1.29, 1.82) is 0 Å². The highest BCUT2D eigenvalue weighted by Gasteiger charge is 2.34. The van der Waals surface area contributed by atoms with Gasteiger partial charge in [-0.2, -0.15) is 0 Å². The number of hydrogen-bond acceptors (Lipinski definition) is 3. The van der Waals surface area contributed by atoms with Crippen LogP contribution in [0.25, 0.3) is 0 Å². The summed E-state index contributed by atoms with van der Waals surface area (Å²) in [6, 6.07) is 20.4. The van der Waals surface area contributed by atoms with Crippen LogP contribution in [0, 0.1) is 11.8 Å². The Morgan fingerprint density at radius 1 is 0.867 bits per heavy atom. The summed E-state index contributed by atoms with van der Waals surface area (Å²) in [5.74, 6) is 1.48. The van der Waals surface area contributed by atoms with Crippen molar-refractivity contribution in [3.05, 3.63) is 83.7 Å². The lowest BCUT2D eigenvalue weighted by Crippen LogP contribution is -2.44. The van der Waals surface area contributed by atoms with Gasteiger partial charge in [-0.25, -0.2) is 4.68 Å². The van der Waals surface area contributed by atoms with E-state index in [0.29, 0.717) is 11.6 Å². The average Bonchev–Trinajstić information content (AvgIpc) is 3.29. The third-order valence-electron chi connectivity index (χ3n) is 6.80. The molecule has 0 radical (unpaired) electrons. The number of likely N-dealkylation sites (tertiary alicyclic amines) is 1. The standard InChI is InChI=1S/C25H28N4O/c30-25(28-16-15-19-9-7-8-14-22(19)17-28)23-18-29(27-26-23)24(20-10-3-1-4-11-20)21-12-5-2-6-13-21/h1-6,10-13,18-19,22,24H,7-9,14-17H2/t19-,22-/m0/s1. The molecule has 1 saturated heterocycles. The molecule has 0 unspecified atom stereocenters. The SMILES string of the molecule is O=C(c1cn(C(c2ccccc2)c2ccccc2)nn1)N1CC[C@@H]2CCCC[C@H]2C1. The molecule has 3 aromatic rings. The molecule has 2 heterocycles. The molecule has 0 spiro atoms. The molecule has 1 aliphatic carbocycles. The number of carbonyl (C=O) groups is 1. The van der Waals surface area contributed by atoms with Crippen molar-refractivity contribution in [3.63, 3.8) is 0 Å². The second-order valence-electron chi connectivity index (χ2n) is 8.65. The molecular formula is C25H28N4O. The Balaban J connectivity index is 1.40. The van der Waals surface area contributed by atoms with E-state index in [0.717, 1.165) is 36.6 Å². The van der Waals surface area contributed by atoms with Crippen LogP contribution < -0.4 is 0 Å². The molecule has 2 fully saturated rings. The van der Waals surface area contributed by atoms with Crippen molar-refractivity contribution in [2.75, 3.05) is 13.1 Å². The van der Waals surface area contributed by atoms with E-state index >= 15 is 0 Å². The van der Waals surface area contributed by atoms with E-state index in [9.17, 15) is 4.79 Å². The minimum atomic E-state index is -0.106. The summed E-state index contributed by atoms with van der Waals surface area (Å²) in [6.45, 7) is 1.71. The predicted molar refractivity (Wildman–Crippen MR) is 116 cm³/mol. The van der Waals surface area contributed by atoms with Gasteiger partial charge in [0.1, 0.15) is 6.04 Å². The van der Waals surface area contributed by atoms with Gasteiger partial charge in [0.15, 0.2) is 5.69 Å². The van der Waals surface area contributed by atoms with E-state index in [4.69, 9.17) is 0 Å². The molecule has 30 heavy (non-hydrogen) atoms. The number of benzene rings is 2. The van der Waals surface area contributed by atoms with Gasteiger partial charge in [-0.15, -0.1) is 5.10 Å². The lowest BCUT2D eigenvalue weighted by atomic mass is 9.75. The predicted octanol–water partition coefficient (Wildman–Crippen LogP) is 4.57. The van der Waals surface area contributed by atoms with E-state index in [-0.39, 0.29) is 11.9 Å². The maximum Gasteiger partial charge on any atom is 0.276 e. The van der Waals surface area contributed by atoms with Crippen LogP contribution in [-0.4, -0.2) is 38.9 Å². The van der Waals surface area contributed by atoms with Crippen molar-refractivity contribution in [1.82, 2.24) is 19.9 Å². The molecule has 5 nitrogen and oxygen atoms in total. The Kier molecular flexibility index (Phi) is 5.35. The van der Waals surface area contributed by atoms with Gasteiger partial charge >= 0.3 is 0 Å². The molecule has 1 aromatic heterocycles. The van der Waals surface area contributed by atoms with E-state index in [1.165, 1.54) is 25.7 Å². The summed E-state index contributed by atoms with van der Waals surface area (Å²) in [7, 11) is 0. The Morgan fingerprint density at radius 2 is 1.50 bits per heavy atom. The number of carbonyl (C=O) groups excluding carboxylic acids is 1. The Labute approximate surface area is 177 Å². The molecular weight excluding hydrogens is 372 g/mol. The van der Waals surface area contributed by atoms with Gasteiger partial charge in [-0.05, 0) is 35.8 Å². The summed E-state index contributed by atoms with van der Waals surface area (Å²) >= 11 is 0. The van der Waals surface area contributed by atoms with Gasteiger partial charge in [0.25, 0.3) is 5.91 Å². The summed E-state index contributed by atoms with van der Waals surface area (Å²) in [5, 5.41) is 8.67. The van der Waals surface area contributed by atoms with Crippen LogP contribution in [0.4, 0.5) is 0 Å². The highest BCUT2D eigenvalue weighted by molar-refractivity contribution is 5.92. The number of amides is 1. The number of hydrogen-bond donors (Lipinski definition) is 0. The van der Waals surface area contributed by atoms with Gasteiger partial charge < -0.3 is 4.90 Å². The van der Waals surface area contributed by atoms with Gasteiger partial charge in [0.2, 0.25) is 0 Å². The van der Waals surface area contributed by atoms with E-state index in [1.54, 1.807) is 0 Å². The fourth-order valence-corrected chi connectivity index (χ4v) is 5.22. The largest absolute Gasteiger partial charge is 0.337 e. The molecule has 2 aliphatic rings. The smallest absolute Gasteiger partial charge is 0.276 e. The first-order chi connectivity index (χ1) is 14.8. The number of rotatable bonds is 4. The number of piperidine rings is 1. The molecule has 154 valence electrons. The zero-order valence-corrected chi connectivity index (χ0v) is 17.2. The van der Waals surface area contributed by atoms with Crippen LogP contribution in [0.5, 0.6) is 0 Å². The van der Waals surface area contributed by atoms with Gasteiger partial charge in [-0.1, -0.05) is 85.1 Å². The molecule has 2 aromatic carbocycles. The number of fused-ring (bicyclic) bond motifs is 1. The van der Waals surface area contributed by atoms with E-state index < -0.39 is 0 Å². The van der Waals surface area contributed by atoms with Crippen LogP contribution in [-0.2, 0) is 0 Å². The van der Waals surface area contributed by atoms with Gasteiger partial charge in [0.05, 0.1) is 6.20 Å². The highest BCUT2D eigenvalue weighted by Crippen LogP contribution is 2.36. The molecule has 0 bridgehead atoms. The average molecular weight is 401 g/mol. The first-order valence-electron chi connectivity index (χ1n) is 11.1. The first kappa shape index (κ1) is 19.0. The molecule has 2 atom stereocenters. The summed E-state index contributed by atoms with van der Waals surface area (Å²) in [4.78, 5) is 15.2. The molecule has 1 saturated carbocycles. The first-order valence-corrected chi connectivity index (χ1v) is 11.1. The Bertz CT molecular complexity index is 945. The third kappa shape index (κ3) is 3.76. The fourth-order valence-electron chi connectivity index (χ4n) is 5.22. The highest BCUT2D eigenvalue weighted by atomic mass is 16.2. The van der Waals surface area contributed by atoms with Crippen molar-refractivity contribution >= 4 is 5.91 Å². The maximum atomic E-state index is 13.2. The molecule has 5 heteroatoms. The minimum absolute atomic E-state index is 0.0187. The molecule has 5 rings (SSSR count). The number of aromatic nitrogens is 3. The lowest BCUT2D eigenvalue weighted by Gasteiger charge is -2.41. The van der Waals surface area contributed by atoms with Crippen molar-refractivity contribution in [2.24, 2.45) is 11.8 Å². The van der Waals surface area contributed by atoms with Crippen molar-refractivity contribution in [3.8, 4) is 0 Å². The Morgan fingerprint density at radius 3 is 2.17 bits per heavy atom. The summed E-state index contributed by atoms with van der Waals surface area (Å²) in [6.07, 6.45) is 8.18. The molecule has 1 aliphatic heterocycles. The lowest BCUT2D eigenvalue weighted by molar-refractivity contribution is 0.0515. The second-order valence-corrected chi connectivity index (χ2v) is 8.65. The topological polar surface area (TPSA) is 51.0 Å². The normalized spacial score (nSPS) is 21.4. The summed E-state index contributed by atoms with van der Waals surface area (Å²) < 4.78 is 1.82. The Hall–Kier alpha value is -2.95. The van der Waals surface area contributed by atoms with Crippen LogP contribution in [0.2, 0.25) is 0 Å². The summed E-state index contributed by atoms with van der Waals surface area (Å²) in [5.41, 5.74) is 2.69. The molecule has 0 N–H and O–H groups in total. The monoisotopic (exact) mass is 400 g/mol. The van der Waals surface area contributed by atoms with Crippen LogP contribution >= 0.6 is 0 Å². The minimum Gasteiger partial charge on any atom is -0.337 e. The van der Waals surface area contributed by atoms with E-state index in [2.05, 4.69) is 34.6 Å². The van der Waals surface area contributed by atoms with Crippen LogP contribution in [0.3, 0.4) is 0 Å². The molecule has 1 amide bonds. The zero-order valence-electron chi connectivity index (χ0n) is 17.2. The number of nitrogens with zero attached hydrogens (tertiary/aromatic N) is 4. The second kappa shape index (κ2) is 8.42. The van der Waals surface area contributed by atoms with Crippen molar-refractivity contribution < 1.29 is 4.79 Å². The van der Waals surface area contributed by atoms with E-state index in [1.807, 2.05) is 52.2 Å². The maximum absolute atomic E-state index is 13.2. The van der Waals surface area contributed by atoms with Crippen LogP contribution in [0.1, 0.15) is 59.8 Å². The third-order valence-corrected chi connectivity index (χ3v) is 6.80. The van der Waals surface area contributed by atoms with Crippen LogP contribution in [0.15, 0.2) is 66.9 Å². The van der Waals surface area contributed by atoms with Gasteiger partial charge in [0, 0.05) is 13.1 Å². The fraction of sp³-hybridized carbons (Fsp3) is 0.400. The zero-order chi connectivity index (χ0) is 20.3.